The van der Waals surface area contributed by atoms with E-state index in [1.807, 2.05) is 39.5 Å². The van der Waals surface area contributed by atoms with Crippen LogP contribution in [0.2, 0.25) is 0 Å². The van der Waals surface area contributed by atoms with Crippen molar-refractivity contribution in [1.29, 1.82) is 5.26 Å². The molecule has 0 bridgehead atoms. The molecule has 0 aliphatic carbocycles. The molecule has 2 nitrogen and oxygen atoms in total. The van der Waals surface area contributed by atoms with E-state index in [2.05, 4.69) is 6.07 Å². The zero-order chi connectivity index (χ0) is 11.2. The van der Waals surface area contributed by atoms with Gasteiger partial charge in [-0.15, -0.1) is 0 Å². The molecule has 82 valence electrons. The summed E-state index contributed by atoms with van der Waals surface area (Å²) in [4.78, 5) is 0. The number of nitriles is 1. The molecule has 0 heterocycles. The van der Waals surface area contributed by atoms with Gasteiger partial charge >= 0.3 is 0 Å². The fraction of sp³-hybridized carbons (Fsp3) is 0.909. The van der Waals surface area contributed by atoms with Crippen LogP contribution < -0.4 is 5.73 Å². The molecule has 0 aromatic rings. The third-order valence-electron chi connectivity index (χ3n) is 1.87. The summed E-state index contributed by atoms with van der Waals surface area (Å²) in [6.07, 6.45) is 2.07. The smallest absolute Gasteiger partial charge is 0.0683 e. The Balaban J connectivity index is 3.45. The number of hydrogen-bond acceptors (Lipinski definition) is 3. The van der Waals surface area contributed by atoms with Gasteiger partial charge < -0.3 is 5.73 Å². The fourth-order valence-corrected chi connectivity index (χ4v) is 2.03. The standard InChI is InChI=1S/C11H22N2S/c1-10(2,8-12)6-5-7-14-9-11(3,4)13/h5-7,9,13H2,1-4H3. The number of hydrogen-bond donors (Lipinski definition) is 1. The van der Waals surface area contributed by atoms with E-state index < -0.39 is 0 Å². The zero-order valence-corrected chi connectivity index (χ0v) is 10.6. The molecule has 0 amide bonds. The van der Waals surface area contributed by atoms with Crippen molar-refractivity contribution in [3.63, 3.8) is 0 Å². The van der Waals surface area contributed by atoms with Gasteiger partial charge in [-0.3, -0.25) is 0 Å². The Bertz CT molecular complexity index is 198. The van der Waals surface area contributed by atoms with Gasteiger partial charge in [0.2, 0.25) is 0 Å². The number of nitrogens with zero attached hydrogens (tertiary/aromatic N) is 1. The molecule has 0 unspecified atom stereocenters. The van der Waals surface area contributed by atoms with E-state index in [4.69, 9.17) is 11.0 Å². The van der Waals surface area contributed by atoms with Gasteiger partial charge in [0.1, 0.15) is 0 Å². The first-order valence-corrected chi connectivity index (χ1v) is 6.20. The second-order valence-electron chi connectivity index (χ2n) is 5.14. The number of rotatable bonds is 6. The largest absolute Gasteiger partial charge is 0.325 e. The molecule has 0 radical (unpaired) electrons. The molecule has 0 rings (SSSR count). The lowest BCUT2D eigenvalue weighted by atomic mass is 9.90. The predicted molar refractivity (Wildman–Crippen MR) is 64.2 cm³/mol. The van der Waals surface area contributed by atoms with Gasteiger partial charge in [0, 0.05) is 11.3 Å². The van der Waals surface area contributed by atoms with Gasteiger partial charge in [-0.25, -0.2) is 0 Å². The van der Waals surface area contributed by atoms with Crippen LogP contribution in [0, 0.1) is 16.7 Å². The summed E-state index contributed by atoms with van der Waals surface area (Å²) in [5, 5.41) is 8.80. The van der Waals surface area contributed by atoms with Crippen LogP contribution in [0.5, 0.6) is 0 Å². The van der Waals surface area contributed by atoms with E-state index in [1.54, 1.807) is 0 Å². The molecule has 0 aliphatic heterocycles. The van der Waals surface area contributed by atoms with Crippen LogP contribution in [-0.4, -0.2) is 17.0 Å². The van der Waals surface area contributed by atoms with Crippen LogP contribution in [0.4, 0.5) is 0 Å². The van der Waals surface area contributed by atoms with Crippen molar-refractivity contribution in [3.05, 3.63) is 0 Å². The Morgan fingerprint density at radius 1 is 1.29 bits per heavy atom. The third-order valence-corrected chi connectivity index (χ3v) is 3.39. The first kappa shape index (κ1) is 13.8. The lowest BCUT2D eigenvalue weighted by Gasteiger charge is -2.18. The highest BCUT2D eigenvalue weighted by Gasteiger charge is 2.16. The maximum absolute atomic E-state index is 8.80. The Kier molecular flexibility index (Phi) is 5.54. The second kappa shape index (κ2) is 5.63. The van der Waals surface area contributed by atoms with Crippen LogP contribution in [0.1, 0.15) is 40.5 Å². The molecule has 14 heavy (non-hydrogen) atoms. The molecule has 0 fully saturated rings. The summed E-state index contributed by atoms with van der Waals surface area (Å²) in [6, 6.07) is 2.31. The highest BCUT2D eigenvalue weighted by atomic mass is 32.2. The van der Waals surface area contributed by atoms with Gasteiger partial charge in [0.15, 0.2) is 0 Å². The monoisotopic (exact) mass is 214 g/mol. The minimum absolute atomic E-state index is 0.0740. The Labute approximate surface area is 92.2 Å². The van der Waals surface area contributed by atoms with Crippen LogP contribution in [0.3, 0.4) is 0 Å². The predicted octanol–water partition coefficient (Wildman–Crippen LogP) is 2.79. The zero-order valence-electron chi connectivity index (χ0n) is 9.76. The highest BCUT2D eigenvalue weighted by molar-refractivity contribution is 7.99. The molecular weight excluding hydrogens is 192 g/mol. The molecule has 0 aromatic carbocycles. The van der Waals surface area contributed by atoms with Gasteiger partial charge in [-0.2, -0.15) is 17.0 Å². The quantitative estimate of drug-likeness (QED) is 0.692. The van der Waals surface area contributed by atoms with Gasteiger partial charge in [0.25, 0.3) is 0 Å². The third kappa shape index (κ3) is 8.40. The van der Waals surface area contributed by atoms with Gasteiger partial charge in [-0.1, -0.05) is 0 Å². The van der Waals surface area contributed by atoms with Gasteiger partial charge in [-0.05, 0) is 46.3 Å². The van der Waals surface area contributed by atoms with Crippen LogP contribution in [0.15, 0.2) is 0 Å². The van der Waals surface area contributed by atoms with E-state index >= 15 is 0 Å². The van der Waals surface area contributed by atoms with Crippen molar-refractivity contribution in [2.75, 3.05) is 11.5 Å². The molecule has 0 saturated carbocycles. The van der Waals surface area contributed by atoms with Crippen molar-refractivity contribution < 1.29 is 0 Å². The SMILES string of the molecule is CC(C)(N)CSCCCC(C)(C)C#N. The lowest BCUT2D eigenvalue weighted by molar-refractivity contribution is 0.447. The van der Waals surface area contributed by atoms with Crippen LogP contribution >= 0.6 is 11.8 Å². The summed E-state index contributed by atoms with van der Waals surface area (Å²) >= 11 is 1.88. The van der Waals surface area contributed by atoms with Crippen molar-refractivity contribution in [1.82, 2.24) is 0 Å². The molecule has 0 aromatic heterocycles. The Morgan fingerprint density at radius 2 is 1.86 bits per heavy atom. The number of nitrogens with two attached hydrogens (primary N) is 1. The van der Waals surface area contributed by atoms with Crippen molar-refractivity contribution in [2.45, 2.75) is 46.1 Å². The van der Waals surface area contributed by atoms with E-state index in [1.165, 1.54) is 0 Å². The summed E-state index contributed by atoms with van der Waals surface area (Å²) < 4.78 is 0. The first-order chi connectivity index (χ1) is 6.27. The van der Waals surface area contributed by atoms with Crippen molar-refractivity contribution in [3.8, 4) is 6.07 Å². The Morgan fingerprint density at radius 3 is 2.29 bits per heavy atom. The average molecular weight is 214 g/mol. The maximum Gasteiger partial charge on any atom is 0.0683 e. The van der Waals surface area contributed by atoms with E-state index in [0.717, 1.165) is 24.3 Å². The summed E-state index contributed by atoms with van der Waals surface area (Å²) in [7, 11) is 0. The normalized spacial score (nSPS) is 12.6. The lowest BCUT2D eigenvalue weighted by Crippen LogP contribution is -2.34. The van der Waals surface area contributed by atoms with E-state index in [0.29, 0.717) is 0 Å². The molecule has 0 aliphatic rings. The maximum atomic E-state index is 8.80. The fourth-order valence-electron chi connectivity index (χ4n) is 1.01. The number of thioether (sulfide) groups is 1. The van der Waals surface area contributed by atoms with Crippen molar-refractivity contribution >= 4 is 11.8 Å². The molecular formula is C11H22N2S. The minimum Gasteiger partial charge on any atom is -0.325 e. The topological polar surface area (TPSA) is 49.8 Å². The van der Waals surface area contributed by atoms with Gasteiger partial charge in [0.05, 0.1) is 11.5 Å². The highest BCUT2D eigenvalue weighted by Crippen LogP contribution is 2.22. The van der Waals surface area contributed by atoms with Crippen LogP contribution in [0.25, 0.3) is 0 Å². The van der Waals surface area contributed by atoms with E-state index in [-0.39, 0.29) is 11.0 Å². The summed E-state index contributed by atoms with van der Waals surface area (Å²) in [5.41, 5.74) is 5.61. The first-order valence-electron chi connectivity index (χ1n) is 5.05. The molecule has 0 saturated heterocycles. The molecule has 0 atom stereocenters. The molecule has 2 N–H and O–H groups in total. The van der Waals surface area contributed by atoms with Crippen molar-refractivity contribution in [2.24, 2.45) is 11.1 Å². The summed E-state index contributed by atoms with van der Waals surface area (Å²) in [6.45, 7) is 8.06. The molecule has 0 spiro atoms. The average Bonchev–Trinajstić information content (AvgIpc) is 2.01. The minimum atomic E-state index is -0.168. The van der Waals surface area contributed by atoms with Crippen LogP contribution in [-0.2, 0) is 0 Å². The molecule has 3 heteroatoms. The summed E-state index contributed by atoms with van der Waals surface area (Å²) in [5.74, 6) is 2.09. The Hall–Kier alpha value is -0.200. The second-order valence-corrected chi connectivity index (χ2v) is 6.25. The van der Waals surface area contributed by atoms with E-state index in [9.17, 15) is 0 Å².